The van der Waals surface area contributed by atoms with Gasteiger partial charge in [0.2, 0.25) is 0 Å². The third-order valence-electron chi connectivity index (χ3n) is 3.20. The van der Waals surface area contributed by atoms with E-state index in [1.165, 1.54) is 12.1 Å². The van der Waals surface area contributed by atoms with E-state index in [0.717, 1.165) is 0 Å². The molecule has 0 aliphatic carbocycles. The fourth-order valence-electron chi connectivity index (χ4n) is 2.15. The highest BCUT2D eigenvalue weighted by molar-refractivity contribution is 5.89. The van der Waals surface area contributed by atoms with Gasteiger partial charge in [-0.15, -0.1) is 0 Å². The molecular formula is C19H17FN2O3. The van der Waals surface area contributed by atoms with E-state index in [9.17, 15) is 14.4 Å². The molecule has 6 heteroatoms. The van der Waals surface area contributed by atoms with Gasteiger partial charge in [0.15, 0.2) is 18.1 Å². The highest BCUT2D eigenvalue weighted by Gasteiger charge is 2.09. The lowest BCUT2D eigenvalue weighted by molar-refractivity contribution is -0.119. The van der Waals surface area contributed by atoms with Gasteiger partial charge in [-0.05, 0) is 48.4 Å². The second-order valence-corrected chi connectivity index (χ2v) is 5.07. The Balaban J connectivity index is 2.36. The number of benzene rings is 2. The molecule has 0 saturated heterocycles. The molecule has 0 bridgehead atoms. The molecule has 128 valence electrons. The Bertz CT molecular complexity index is 841. The number of nitriles is 1. The summed E-state index contributed by atoms with van der Waals surface area (Å²) in [6, 6.07) is 12.9. The second-order valence-electron chi connectivity index (χ2n) is 5.07. The van der Waals surface area contributed by atoms with Gasteiger partial charge >= 0.3 is 0 Å². The van der Waals surface area contributed by atoms with Gasteiger partial charge in [0.05, 0.1) is 18.2 Å². The van der Waals surface area contributed by atoms with Crippen molar-refractivity contribution < 1.29 is 18.7 Å². The van der Waals surface area contributed by atoms with Crippen LogP contribution in [-0.2, 0) is 4.79 Å². The van der Waals surface area contributed by atoms with Crippen molar-refractivity contribution in [2.24, 2.45) is 5.73 Å². The molecule has 0 aliphatic rings. The lowest BCUT2D eigenvalue weighted by Gasteiger charge is -2.11. The van der Waals surface area contributed by atoms with E-state index >= 15 is 0 Å². The Kier molecular flexibility index (Phi) is 6.13. The predicted molar refractivity (Wildman–Crippen MR) is 92.2 cm³/mol. The molecule has 0 aliphatic heterocycles. The molecule has 0 heterocycles. The highest BCUT2D eigenvalue weighted by atomic mass is 19.1. The summed E-state index contributed by atoms with van der Waals surface area (Å²) >= 11 is 0. The summed E-state index contributed by atoms with van der Waals surface area (Å²) in [5, 5.41) is 9.36. The molecule has 0 spiro atoms. The zero-order chi connectivity index (χ0) is 18.2. The highest BCUT2D eigenvalue weighted by Crippen LogP contribution is 2.30. The number of halogens is 1. The standard InChI is InChI=1S/C19H17FN2O3/c1-2-24-18-9-13(6-7-17(18)25-12-19(22)23)8-15(11-21)14-4-3-5-16(20)10-14/h3-10H,2,12H2,1H3,(H2,22,23)/b15-8-. The van der Waals surface area contributed by atoms with Crippen molar-refractivity contribution in [1.29, 1.82) is 5.26 Å². The molecule has 0 fully saturated rings. The van der Waals surface area contributed by atoms with Crippen LogP contribution in [0.15, 0.2) is 42.5 Å². The maximum Gasteiger partial charge on any atom is 0.255 e. The van der Waals surface area contributed by atoms with Gasteiger partial charge in [0, 0.05) is 0 Å². The summed E-state index contributed by atoms with van der Waals surface area (Å²) in [6.45, 7) is 1.95. The molecule has 2 aromatic rings. The van der Waals surface area contributed by atoms with E-state index in [1.807, 2.05) is 6.92 Å². The van der Waals surface area contributed by atoms with E-state index < -0.39 is 11.7 Å². The molecule has 0 atom stereocenters. The maximum atomic E-state index is 13.4. The molecule has 2 aromatic carbocycles. The van der Waals surface area contributed by atoms with Crippen LogP contribution in [0.25, 0.3) is 11.6 Å². The van der Waals surface area contributed by atoms with Crippen LogP contribution in [-0.4, -0.2) is 19.1 Å². The van der Waals surface area contributed by atoms with Gasteiger partial charge in [0.25, 0.3) is 5.91 Å². The number of nitrogens with two attached hydrogens (primary N) is 1. The smallest absolute Gasteiger partial charge is 0.255 e. The molecule has 0 saturated carbocycles. The number of carbonyl (C=O) groups is 1. The third kappa shape index (κ3) is 5.08. The first-order chi connectivity index (χ1) is 12.0. The number of hydrogen-bond donors (Lipinski definition) is 1. The van der Waals surface area contributed by atoms with Gasteiger partial charge in [-0.1, -0.05) is 18.2 Å². The van der Waals surface area contributed by atoms with E-state index in [-0.39, 0.29) is 6.61 Å². The fourth-order valence-corrected chi connectivity index (χ4v) is 2.15. The van der Waals surface area contributed by atoms with Crippen LogP contribution in [0, 0.1) is 17.1 Å². The molecule has 1 amide bonds. The molecule has 0 unspecified atom stereocenters. The largest absolute Gasteiger partial charge is 0.490 e. The molecule has 25 heavy (non-hydrogen) atoms. The van der Waals surface area contributed by atoms with Gasteiger partial charge in [-0.25, -0.2) is 4.39 Å². The minimum Gasteiger partial charge on any atom is -0.490 e. The Morgan fingerprint density at radius 3 is 2.68 bits per heavy atom. The van der Waals surface area contributed by atoms with Crippen molar-refractivity contribution >= 4 is 17.6 Å². The van der Waals surface area contributed by atoms with E-state index in [4.69, 9.17) is 15.2 Å². The van der Waals surface area contributed by atoms with Crippen molar-refractivity contribution in [2.45, 2.75) is 6.92 Å². The van der Waals surface area contributed by atoms with Crippen LogP contribution in [0.3, 0.4) is 0 Å². The Morgan fingerprint density at radius 1 is 1.24 bits per heavy atom. The predicted octanol–water partition coefficient (Wildman–Crippen LogP) is 3.15. The number of ether oxygens (including phenoxy) is 2. The average molecular weight is 340 g/mol. The third-order valence-corrected chi connectivity index (χ3v) is 3.20. The molecule has 0 aromatic heterocycles. The van der Waals surface area contributed by atoms with Crippen molar-refractivity contribution in [3.63, 3.8) is 0 Å². The van der Waals surface area contributed by atoms with E-state index in [2.05, 4.69) is 6.07 Å². The number of hydrogen-bond acceptors (Lipinski definition) is 4. The first-order valence-electron chi connectivity index (χ1n) is 7.59. The first kappa shape index (κ1) is 18.0. The van der Waals surface area contributed by atoms with E-state index in [1.54, 1.807) is 36.4 Å². The Labute approximate surface area is 145 Å². The summed E-state index contributed by atoms with van der Waals surface area (Å²) in [5.41, 5.74) is 6.54. The number of rotatable bonds is 7. The Hall–Kier alpha value is -3.33. The number of nitrogens with zero attached hydrogens (tertiary/aromatic N) is 1. The monoisotopic (exact) mass is 340 g/mol. The summed E-state index contributed by atoms with van der Waals surface area (Å²) in [7, 11) is 0. The summed E-state index contributed by atoms with van der Waals surface area (Å²) < 4.78 is 24.2. The average Bonchev–Trinajstić information content (AvgIpc) is 2.59. The number of allylic oxidation sites excluding steroid dienone is 1. The van der Waals surface area contributed by atoms with Crippen LogP contribution in [0.5, 0.6) is 11.5 Å². The van der Waals surface area contributed by atoms with E-state index in [0.29, 0.717) is 34.8 Å². The minimum absolute atomic E-state index is 0.262. The van der Waals surface area contributed by atoms with Crippen LogP contribution in [0.1, 0.15) is 18.1 Å². The molecular weight excluding hydrogens is 323 g/mol. The lowest BCUT2D eigenvalue weighted by atomic mass is 10.0. The maximum absolute atomic E-state index is 13.4. The lowest BCUT2D eigenvalue weighted by Crippen LogP contribution is -2.20. The van der Waals surface area contributed by atoms with Crippen molar-refractivity contribution in [1.82, 2.24) is 0 Å². The summed E-state index contributed by atoms with van der Waals surface area (Å²) in [6.07, 6.45) is 1.62. The van der Waals surface area contributed by atoms with Crippen molar-refractivity contribution in [3.8, 4) is 17.6 Å². The number of amides is 1. The quantitative estimate of drug-likeness (QED) is 0.620. The molecule has 2 N–H and O–H groups in total. The summed E-state index contributed by atoms with van der Waals surface area (Å²) in [5.74, 6) is -0.204. The van der Waals surface area contributed by atoms with Crippen LogP contribution in [0.2, 0.25) is 0 Å². The molecule has 5 nitrogen and oxygen atoms in total. The van der Waals surface area contributed by atoms with Gasteiger partial charge in [-0.3, -0.25) is 4.79 Å². The summed E-state index contributed by atoms with van der Waals surface area (Å²) in [4.78, 5) is 10.9. The first-order valence-corrected chi connectivity index (χ1v) is 7.59. The number of carbonyl (C=O) groups excluding carboxylic acids is 1. The molecule has 0 radical (unpaired) electrons. The number of primary amides is 1. The second kappa shape index (κ2) is 8.50. The van der Waals surface area contributed by atoms with Gasteiger partial charge < -0.3 is 15.2 Å². The molecule has 2 rings (SSSR count). The van der Waals surface area contributed by atoms with Crippen molar-refractivity contribution in [2.75, 3.05) is 13.2 Å². The van der Waals surface area contributed by atoms with Crippen LogP contribution >= 0.6 is 0 Å². The zero-order valence-corrected chi connectivity index (χ0v) is 13.7. The minimum atomic E-state index is -0.593. The SMILES string of the molecule is CCOc1cc(/C=C(/C#N)c2cccc(F)c2)ccc1OCC(N)=O. The normalized spacial score (nSPS) is 10.8. The zero-order valence-electron chi connectivity index (χ0n) is 13.7. The van der Waals surface area contributed by atoms with Crippen LogP contribution in [0.4, 0.5) is 4.39 Å². The van der Waals surface area contributed by atoms with Crippen molar-refractivity contribution in [3.05, 3.63) is 59.4 Å². The van der Waals surface area contributed by atoms with Gasteiger partial charge in [-0.2, -0.15) is 5.26 Å². The van der Waals surface area contributed by atoms with Crippen LogP contribution < -0.4 is 15.2 Å². The van der Waals surface area contributed by atoms with Gasteiger partial charge in [0.1, 0.15) is 5.82 Å². The fraction of sp³-hybridized carbons (Fsp3) is 0.158. The topological polar surface area (TPSA) is 85.3 Å². The Morgan fingerprint density at radius 2 is 2.04 bits per heavy atom.